The van der Waals surface area contributed by atoms with Crippen molar-refractivity contribution in [2.45, 2.75) is 0 Å². The summed E-state index contributed by atoms with van der Waals surface area (Å²) in [5, 5.41) is 3.17. The van der Waals surface area contributed by atoms with E-state index in [1.165, 1.54) is 12.1 Å². The van der Waals surface area contributed by atoms with E-state index in [1.54, 1.807) is 18.2 Å². The maximum absolute atomic E-state index is 13.1. The van der Waals surface area contributed by atoms with Crippen molar-refractivity contribution in [3.8, 4) is 0 Å². The van der Waals surface area contributed by atoms with Gasteiger partial charge in [0.1, 0.15) is 5.82 Å². The second kappa shape index (κ2) is 5.59. The van der Waals surface area contributed by atoms with Crippen molar-refractivity contribution in [1.82, 2.24) is 0 Å². The Morgan fingerprint density at radius 3 is 2.68 bits per heavy atom. The van der Waals surface area contributed by atoms with E-state index < -0.39 is 11.7 Å². The number of halogens is 3. The van der Waals surface area contributed by atoms with Crippen molar-refractivity contribution in [3.63, 3.8) is 0 Å². The van der Waals surface area contributed by atoms with Crippen LogP contribution in [0.5, 0.6) is 0 Å². The summed E-state index contributed by atoms with van der Waals surface area (Å²) in [6.45, 7) is 0. The van der Waals surface area contributed by atoms with Gasteiger partial charge in [-0.2, -0.15) is 0 Å². The van der Waals surface area contributed by atoms with Gasteiger partial charge in [0.05, 0.1) is 11.3 Å². The number of nitrogen functional groups attached to an aromatic ring is 1. The molecule has 0 saturated carbocycles. The fraction of sp³-hybridized carbons (Fsp3) is 0. The van der Waals surface area contributed by atoms with Gasteiger partial charge in [-0.1, -0.05) is 11.6 Å². The Morgan fingerprint density at radius 1 is 1.26 bits per heavy atom. The van der Waals surface area contributed by atoms with Crippen LogP contribution >= 0.6 is 27.5 Å². The third kappa shape index (κ3) is 3.24. The van der Waals surface area contributed by atoms with Gasteiger partial charge in [-0.05, 0) is 52.3 Å². The van der Waals surface area contributed by atoms with E-state index in [2.05, 4.69) is 21.2 Å². The van der Waals surface area contributed by atoms with Crippen molar-refractivity contribution in [1.29, 1.82) is 0 Å². The molecule has 0 fully saturated rings. The minimum atomic E-state index is -0.519. The summed E-state index contributed by atoms with van der Waals surface area (Å²) >= 11 is 9.08. The second-order valence-corrected chi connectivity index (χ2v) is 5.10. The van der Waals surface area contributed by atoms with Crippen LogP contribution in [0.4, 0.5) is 15.8 Å². The minimum absolute atomic E-state index is 0.0850. The molecular weight excluding hydrogens is 335 g/mol. The van der Waals surface area contributed by atoms with Gasteiger partial charge in [0.2, 0.25) is 0 Å². The lowest BCUT2D eigenvalue weighted by Crippen LogP contribution is -2.14. The molecule has 0 aliphatic rings. The molecule has 0 saturated heterocycles. The largest absolute Gasteiger partial charge is 0.398 e. The third-order valence-corrected chi connectivity index (χ3v) is 3.33. The molecule has 0 unspecified atom stereocenters. The maximum atomic E-state index is 13.1. The van der Waals surface area contributed by atoms with E-state index >= 15 is 0 Å². The fourth-order valence-electron chi connectivity index (χ4n) is 1.51. The van der Waals surface area contributed by atoms with Crippen LogP contribution < -0.4 is 11.1 Å². The highest BCUT2D eigenvalue weighted by atomic mass is 79.9. The van der Waals surface area contributed by atoms with Crippen molar-refractivity contribution in [2.24, 2.45) is 0 Å². The van der Waals surface area contributed by atoms with Gasteiger partial charge in [-0.25, -0.2) is 4.39 Å². The van der Waals surface area contributed by atoms with Crippen molar-refractivity contribution in [2.75, 3.05) is 11.1 Å². The Bertz CT molecular complexity index is 649. The number of anilines is 2. The van der Waals surface area contributed by atoms with Gasteiger partial charge in [0.15, 0.2) is 0 Å². The molecule has 98 valence electrons. The molecule has 0 aliphatic heterocycles. The molecule has 2 aromatic rings. The Kier molecular flexibility index (Phi) is 4.07. The topological polar surface area (TPSA) is 55.1 Å². The zero-order valence-corrected chi connectivity index (χ0v) is 11.9. The first-order chi connectivity index (χ1) is 8.97. The quantitative estimate of drug-likeness (QED) is 0.807. The molecule has 0 heterocycles. The first kappa shape index (κ1) is 13.8. The van der Waals surface area contributed by atoms with Crippen LogP contribution in [0.3, 0.4) is 0 Å². The highest BCUT2D eigenvalue weighted by Gasteiger charge is 2.12. The van der Waals surface area contributed by atoms with Crippen LogP contribution in [-0.4, -0.2) is 5.91 Å². The molecule has 2 rings (SSSR count). The zero-order valence-electron chi connectivity index (χ0n) is 9.58. The Balaban J connectivity index is 2.28. The molecule has 0 aromatic heterocycles. The van der Waals surface area contributed by atoms with E-state index in [9.17, 15) is 9.18 Å². The van der Waals surface area contributed by atoms with Gasteiger partial charge in [-0.15, -0.1) is 0 Å². The summed E-state index contributed by atoms with van der Waals surface area (Å²) in [4.78, 5) is 12.0. The van der Waals surface area contributed by atoms with E-state index in [0.717, 1.165) is 6.07 Å². The molecule has 0 aliphatic carbocycles. The summed E-state index contributed by atoms with van der Waals surface area (Å²) in [6, 6.07) is 8.56. The number of hydrogen-bond donors (Lipinski definition) is 2. The lowest BCUT2D eigenvalue weighted by Gasteiger charge is -2.09. The Hall–Kier alpha value is -1.59. The highest BCUT2D eigenvalue weighted by molar-refractivity contribution is 9.10. The predicted octanol–water partition coefficient (Wildman–Crippen LogP) is 4.08. The van der Waals surface area contributed by atoms with Gasteiger partial charge < -0.3 is 11.1 Å². The molecule has 0 bridgehead atoms. The minimum Gasteiger partial charge on any atom is -0.398 e. The van der Waals surface area contributed by atoms with Crippen LogP contribution in [0.2, 0.25) is 5.02 Å². The summed E-state index contributed by atoms with van der Waals surface area (Å²) in [5.74, 6) is -1.01. The number of hydrogen-bond acceptors (Lipinski definition) is 2. The molecule has 1 amide bonds. The Labute approximate surface area is 122 Å². The van der Waals surface area contributed by atoms with E-state index in [0.29, 0.717) is 15.2 Å². The number of nitrogens with one attached hydrogen (secondary N) is 1. The monoisotopic (exact) mass is 342 g/mol. The van der Waals surface area contributed by atoms with E-state index in [1.807, 2.05) is 0 Å². The molecule has 0 atom stereocenters. The average molecular weight is 344 g/mol. The summed E-state index contributed by atoms with van der Waals surface area (Å²) in [5.41, 5.74) is 6.47. The smallest absolute Gasteiger partial charge is 0.257 e. The standard InChI is InChI=1S/C13H9BrClFN2O/c14-10-5-7(15)1-4-12(10)18-13(19)9-6-8(16)2-3-11(9)17/h1-6H,17H2,(H,18,19). The zero-order chi connectivity index (χ0) is 14.0. The molecule has 3 N–H and O–H groups in total. The molecule has 19 heavy (non-hydrogen) atoms. The Morgan fingerprint density at radius 2 is 2.00 bits per heavy atom. The molecule has 6 heteroatoms. The van der Waals surface area contributed by atoms with E-state index in [4.69, 9.17) is 17.3 Å². The van der Waals surface area contributed by atoms with Crippen LogP contribution in [-0.2, 0) is 0 Å². The number of amides is 1. The van der Waals surface area contributed by atoms with Gasteiger partial charge in [-0.3, -0.25) is 4.79 Å². The van der Waals surface area contributed by atoms with Crippen molar-refractivity contribution < 1.29 is 9.18 Å². The molecular formula is C13H9BrClFN2O. The van der Waals surface area contributed by atoms with Crippen LogP contribution in [0.15, 0.2) is 40.9 Å². The normalized spacial score (nSPS) is 10.3. The predicted molar refractivity (Wildman–Crippen MR) is 77.9 cm³/mol. The third-order valence-electron chi connectivity index (χ3n) is 2.44. The fourth-order valence-corrected chi connectivity index (χ4v) is 2.29. The lowest BCUT2D eigenvalue weighted by atomic mass is 10.1. The average Bonchev–Trinajstić information content (AvgIpc) is 2.35. The SMILES string of the molecule is Nc1ccc(F)cc1C(=O)Nc1ccc(Cl)cc1Br. The van der Waals surface area contributed by atoms with Crippen LogP contribution in [0.1, 0.15) is 10.4 Å². The second-order valence-electron chi connectivity index (χ2n) is 3.81. The highest BCUT2D eigenvalue weighted by Crippen LogP contribution is 2.26. The van der Waals surface area contributed by atoms with Crippen molar-refractivity contribution in [3.05, 3.63) is 57.3 Å². The van der Waals surface area contributed by atoms with Gasteiger partial charge in [0.25, 0.3) is 5.91 Å². The number of carbonyl (C=O) groups excluding carboxylic acids is 1. The van der Waals surface area contributed by atoms with Gasteiger partial charge in [0, 0.05) is 15.2 Å². The first-order valence-corrected chi connectivity index (χ1v) is 6.46. The molecule has 0 radical (unpaired) electrons. The first-order valence-electron chi connectivity index (χ1n) is 5.29. The number of benzene rings is 2. The van der Waals surface area contributed by atoms with Crippen LogP contribution in [0, 0.1) is 5.82 Å². The van der Waals surface area contributed by atoms with Crippen LogP contribution in [0.25, 0.3) is 0 Å². The lowest BCUT2D eigenvalue weighted by molar-refractivity contribution is 0.102. The summed E-state index contributed by atoms with van der Waals surface area (Å²) in [6.07, 6.45) is 0. The van der Waals surface area contributed by atoms with Gasteiger partial charge >= 0.3 is 0 Å². The number of rotatable bonds is 2. The number of carbonyl (C=O) groups is 1. The van der Waals surface area contributed by atoms with Crippen molar-refractivity contribution >= 4 is 44.8 Å². The summed E-state index contributed by atoms with van der Waals surface area (Å²) in [7, 11) is 0. The molecule has 0 spiro atoms. The number of nitrogens with two attached hydrogens (primary N) is 1. The summed E-state index contributed by atoms with van der Waals surface area (Å²) < 4.78 is 13.7. The molecule has 3 nitrogen and oxygen atoms in total. The molecule has 2 aromatic carbocycles. The van der Waals surface area contributed by atoms with E-state index in [-0.39, 0.29) is 11.3 Å². The maximum Gasteiger partial charge on any atom is 0.257 e.